The van der Waals surface area contributed by atoms with Crippen molar-refractivity contribution in [2.24, 2.45) is 0 Å². The summed E-state index contributed by atoms with van der Waals surface area (Å²) < 4.78 is 1.16. The minimum Gasteiger partial charge on any atom is -0.309 e. The van der Waals surface area contributed by atoms with Crippen LogP contribution in [0.25, 0.3) is 0 Å². The van der Waals surface area contributed by atoms with Gasteiger partial charge in [0.15, 0.2) is 0 Å². The van der Waals surface area contributed by atoms with Gasteiger partial charge in [-0.25, -0.2) is 0 Å². The first-order valence-corrected chi connectivity index (χ1v) is 7.74. The molecule has 2 aromatic carbocycles. The molecule has 0 aliphatic rings. The zero-order valence-electron chi connectivity index (χ0n) is 12.8. The molecule has 1 atom stereocenters. The lowest BCUT2D eigenvalue weighted by molar-refractivity contribution is 0.680. The molecule has 0 saturated carbocycles. The van der Waals surface area contributed by atoms with Crippen LogP contribution < -0.4 is 5.32 Å². The molecule has 0 radical (unpaired) electrons. The molecular formula is C18H22BrN. The van der Waals surface area contributed by atoms with Gasteiger partial charge in [0, 0.05) is 4.47 Å². The maximum absolute atomic E-state index is 3.71. The molecule has 0 aliphatic heterocycles. The van der Waals surface area contributed by atoms with Crippen molar-refractivity contribution in [1.29, 1.82) is 0 Å². The quantitative estimate of drug-likeness (QED) is 0.835. The Morgan fingerprint density at radius 2 is 1.50 bits per heavy atom. The first kappa shape index (κ1) is 15.3. The van der Waals surface area contributed by atoms with Gasteiger partial charge >= 0.3 is 0 Å². The van der Waals surface area contributed by atoms with Gasteiger partial charge < -0.3 is 5.32 Å². The van der Waals surface area contributed by atoms with Gasteiger partial charge in [-0.1, -0.05) is 45.8 Å². The van der Waals surface area contributed by atoms with Crippen LogP contribution in [0.15, 0.2) is 34.8 Å². The van der Waals surface area contributed by atoms with Crippen LogP contribution in [-0.4, -0.2) is 7.05 Å². The van der Waals surface area contributed by atoms with Gasteiger partial charge in [-0.2, -0.15) is 0 Å². The van der Waals surface area contributed by atoms with Crippen LogP contribution in [0.2, 0.25) is 0 Å². The summed E-state index contributed by atoms with van der Waals surface area (Å²) in [6, 6.07) is 11.3. The molecule has 1 nitrogen and oxygen atoms in total. The molecule has 0 heterocycles. The van der Waals surface area contributed by atoms with E-state index in [1.165, 1.54) is 33.4 Å². The summed E-state index contributed by atoms with van der Waals surface area (Å²) in [5.41, 5.74) is 7.94. The molecule has 0 saturated heterocycles. The summed E-state index contributed by atoms with van der Waals surface area (Å²) in [5, 5.41) is 3.47. The molecule has 2 rings (SSSR count). The highest BCUT2D eigenvalue weighted by Gasteiger charge is 2.19. The monoisotopic (exact) mass is 331 g/mol. The summed E-state index contributed by atoms with van der Waals surface area (Å²) in [6.07, 6.45) is 0. The normalized spacial score (nSPS) is 12.5. The third-order valence-corrected chi connectivity index (χ3v) is 4.47. The number of hydrogen-bond donors (Lipinski definition) is 1. The summed E-state index contributed by atoms with van der Waals surface area (Å²) >= 11 is 3.71. The molecule has 2 aromatic rings. The van der Waals surface area contributed by atoms with E-state index in [0.29, 0.717) is 0 Å². The topological polar surface area (TPSA) is 12.0 Å². The summed E-state index contributed by atoms with van der Waals surface area (Å²) in [6.45, 7) is 8.66. The number of halogens is 1. The Morgan fingerprint density at radius 3 is 2.00 bits per heavy atom. The number of aryl methyl sites for hydroxylation is 4. The molecule has 2 heteroatoms. The molecule has 0 aromatic heterocycles. The van der Waals surface area contributed by atoms with Crippen LogP contribution >= 0.6 is 15.9 Å². The van der Waals surface area contributed by atoms with E-state index >= 15 is 0 Å². The lowest BCUT2D eigenvalue weighted by atomic mass is 9.90. The maximum Gasteiger partial charge on any atom is 0.0590 e. The van der Waals surface area contributed by atoms with E-state index in [0.717, 1.165) is 4.47 Å². The zero-order valence-corrected chi connectivity index (χ0v) is 14.4. The predicted molar refractivity (Wildman–Crippen MR) is 90.4 cm³/mol. The lowest BCUT2D eigenvalue weighted by Gasteiger charge is -2.23. The van der Waals surface area contributed by atoms with Crippen molar-refractivity contribution in [3.63, 3.8) is 0 Å². The molecule has 0 aliphatic carbocycles. The van der Waals surface area contributed by atoms with Crippen LogP contribution in [0.4, 0.5) is 0 Å². The van der Waals surface area contributed by atoms with Crippen molar-refractivity contribution in [2.45, 2.75) is 33.7 Å². The first-order chi connectivity index (χ1) is 9.43. The minimum absolute atomic E-state index is 0.213. The molecule has 0 bridgehead atoms. The molecule has 106 valence electrons. The third kappa shape index (κ3) is 2.97. The highest BCUT2D eigenvalue weighted by Crippen LogP contribution is 2.33. The number of rotatable bonds is 3. The molecule has 0 amide bonds. The van der Waals surface area contributed by atoms with E-state index in [2.05, 4.69) is 79.3 Å². The largest absolute Gasteiger partial charge is 0.309 e. The smallest absolute Gasteiger partial charge is 0.0590 e. The van der Waals surface area contributed by atoms with Crippen molar-refractivity contribution >= 4 is 15.9 Å². The molecule has 20 heavy (non-hydrogen) atoms. The Hall–Kier alpha value is -1.12. The second-order valence-corrected chi connectivity index (χ2v) is 6.41. The van der Waals surface area contributed by atoms with Gasteiger partial charge in [0.05, 0.1) is 6.04 Å². The molecule has 0 fully saturated rings. The number of nitrogens with one attached hydrogen (secondary N) is 1. The Bertz CT molecular complexity index is 608. The number of hydrogen-bond acceptors (Lipinski definition) is 1. The standard InChI is InChI=1S/C18H22BrN/c1-11-6-7-15(16(19)10-11)18(20-5)17-13(3)8-12(2)9-14(17)4/h6-10,18,20H,1-5H3. The van der Waals surface area contributed by atoms with Crippen LogP contribution in [0.5, 0.6) is 0 Å². The lowest BCUT2D eigenvalue weighted by Crippen LogP contribution is -2.20. The van der Waals surface area contributed by atoms with Crippen LogP contribution in [-0.2, 0) is 0 Å². The van der Waals surface area contributed by atoms with Gasteiger partial charge in [0.2, 0.25) is 0 Å². The zero-order chi connectivity index (χ0) is 14.9. The summed E-state index contributed by atoms with van der Waals surface area (Å²) in [7, 11) is 2.02. The van der Waals surface area contributed by atoms with Gasteiger partial charge in [0.25, 0.3) is 0 Å². The fourth-order valence-corrected chi connectivity index (χ4v) is 3.69. The average molecular weight is 332 g/mol. The van der Waals surface area contributed by atoms with Gasteiger partial charge in [-0.3, -0.25) is 0 Å². The first-order valence-electron chi connectivity index (χ1n) is 6.95. The van der Waals surface area contributed by atoms with Crippen LogP contribution in [0, 0.1) is 27.7 Å². The molecule has 0 spiro atoms. The summed E-state index contributed by atoms with van der Waals surface area (Å²) in [4.78, 5) is 0. The fourth-order valence-electron chi connectivity index (χ4n) is 2.97. The van der Waals surface area contributed by atoms with E-state index in [1.54, 1.807) is 0 Å². The van der Waals surface area contributed by atoms with E-state index in [1.807, 2.05) is 7.05 Å². The fraction of sp³-hybridized carbons (Fsp3) is 0.333. The average Bonchev–Trinajstić information content (AvgIpc) is 2.34. The number of benzene rings is 2. The molecule has 1 unspecified atom stereocenters. The van der Waals surface area contributed by atoms with Crippen molar-refractivity contribution < 1.29 is 0 Å². The highest BCUT2D eigenvalue weighted by atomic mass is 79.9. The molecular weight excluding hydrogens is 310 g/mol. The van der Waals surface area contributed by atoms with E-state index < -0.39 is 0 Å². The van der Waals surface area contributed by atoms with Gasteiger partial charge in [-0.15, -0.1) is 0 Å². The SMILES string of the molecule is CNC(c1ccc(C)cc1Br)c1c(C)cc(C)cc1C. The third-order valence-electron chi connectivity index (χ3n) is 3.78. The van der Waals surface area contributed by atoms with Crippen molar-refractivity contribution in [3.05, 3.63) is 68.2 Å². The van der Waals surface area contributed by atoms with E-state index in [9.17, 15) is 0 Å². The van der Waals surface area contributed by atoms with E-state index in [-0.39, 0.29) is 6.04 Å². The predicted octanol–water partition coefficient (Wildman–Crippen LogP) is 4.99. The van der Waals surface area contributed by atoms with Crippen molar-refractivity contribution in [3.8, 4) is 0 Å². The highest BCUT2D eigenvalue weighted by molar-refractivity contribution is 9.10. The second kappa shape index (κ2) is 6.11. The Morgan fingerprint density at radius 1 is 0.900 bits per heavy atom. The summed E-state index contributed by atoms with van der Waals surface area (Å²) in [5.74, 6) is 0. The van der Waals surface area contributed by atoms with Crippen LogP contribution in [0.1, 0.15) is 39.4 Å². The van der Waals surface area contributed by atoms with Crippen LogP contribution in [0.3, 0.4) is 0 Å². The minimum atomic E-state index is 0.213. The van der Waals surface area contributed by atoms with Gasteiger partial charge in [-0.05, 0) is 68.6 Å². The Labute approximate surface area is 130 Å². The maximum atomic E-state index is 3.71. The second-order valence-electron chi connectivity index (χ2n) is 5.56. The van der Waals surface area contributed by atoms with Crippen molar-refractivity contribution in [2.75, 3.05) is 7.05 Å². The van der Waals surface area contributed by atoms with Gasteiger partial charge in [0.1, 0.15) is 0 Å². The van der Waals surface area contributed by atoms with Crippen molar-refractivity contribution in [1.82, 2.24) is 5.32 Å². The Balaban J connectivity index is 2.58. The Kier molecular flexibility index (Phi) is 4.66. The van der Waals surface area contributed by atoms with E-state index in [4.69, 9.17) is 0 Å². The molecule has 1 N–H and O–H groups in total.